The third kappa shape index (κ3) is 2.06. The van der Waals surface area contributed by atoms with Crippen molar-refractivity contribution < 1.29 is 4.43 Å². The normalized spacial score (nSPS) is 17.1. The summed E-state index contributed by atoms with van der Waals surface area (Å²) >= 11 is 0. The summed E-state index contributed by atoms with van der Waals surface area (Å²) in [5.74, 6) is 1.08. The summed E-state index contributed by atoms with van der Waals surface area (Å²) in [5, 5.41) is 0. The van der Waals surface area contributed by atoms with Gasteiger partial charge in [0.15, 0.2) is 0 Å². The van der Waals surface area contributed by atoms with Gasteiger partial charge in [-0.3, -0.25) is 0 Å². The molecule has 0 radical (unpaired) electrons. The van der Waals surface area contributed by atoms with Gasteiger partial charge in [0.25, 0.3) is 8.32 Å². The van der Waals surface area contributed by atoms with E-state index in [0.29, 0.717) is 11.1 Å². The van der Waals surface area contributed by atoms with Gasteiger partial charge in [-0.1, -0.05) is 51.6 Å². The van der Waals surface area contributed by atoms with Gasteiger partial charge in [0.2, 0.25) is 0 Å². The average Bonchev–Trinajstić information content (AvgIpc) is 2.27. The Bertz CT molecular complexity index is 438. The first-order chi connectivity index (χ1) is 7.95. The highest BCUT2D eigenvalue weighted by molar-refractivity contribution is 6.82. The molecule has 0 atom stereocenters. The molecule has 1 nitrogen and oxygen atoms in total. The van der Waals surface area contributed by atoms with Gasteiger partial charge in [-0.25, -0.2) is 0 Å². The molecule has 92 valence electrons. The predicted molar refractivity (Wildman–Crippen MR) is 76.8 cm³/mol. The Balaban J connectivity index is 2.46. The first kappa shape index (κ1) is 12.4. The van der Waals surface area contributed by atoms with Gasteiger partial charge in [-0.15, -0.1) is 0 Å². The molecule has 0 amide bonds. The van der Waals surface area contributed by atoms with E-state index in [2.05, 4.69) is 64.6 Å². The molecule has 17 heavy (non-hydrogen) atoms. The van der Waals surface area contributed by atoms with E-state index in [1.807, 2.05) is 0 Å². The summed E-state index contributed by atoms with van der Waals surface area (Å²) in [5.41, 5.74) is 6.08. The molecule has 1 aromatic rings. The molecule has 0 aromatic heterocycles. The largest absolute Gasteiger partial charge is 0.539 e. The molecule has 0 unspecified atom stereocenters. The predicted octanol–water partition coefficient (Wildman–Crippen LogP) is 4.71. The Hall–Kier alpha value is -1.02. The first-order valence-corrected chi connectivity index (χ1v) is 8.58. The van der Waals surface area contributed by atoms with Crippen LogP contribution in [0, 0.1) is 6.92 Å². The number of rotatable bonds is 2. The fourth-order valence-corrected chi connectivity index (χ4v) is 6.24. The van der Waals surface area contributed by atoms with E-state index >= 15 is 0 Å². The number of benzene rings is 1. The molecule has 2 rings (SSSR count). The standard InChI is InChI=1S/C15H22OSi/c1-11(2)17(12(3)4)9-8-14-7-6-13(5)10-15(14)16-17/h6-12H,1-5H3. The summed E-state index contributed by atoms with van der Waals surface area (Å²) in [4.78, 5) is 0. The molecule has 1 aliphatic heterocycles. The highest BCUT2D eigenvalue weighted by atomic mass is 28.4. The lowest BCUT2D eigenvalue weighted by molar-refractivity contribution is 0.509. The van der Waals surface area contributed by atoms with Gasteiger partial charge in [0.05, 0.1) is 0 Å². The molecule has 1 heterocycles. The highest BCUT2D eigenvalue weighted by Gasteiger charge is 2.43. The topological polar surface area (TPSA) is 9.23 Å². The summed E-state index contributed by atoms with van der Waals surface area (Å²) in [7, 11) is -1.79. The van der Waals surface area contributed by atoms with E-state index in [-0.39, 0.29) is 0 Å². The minimum atomic E-state index is -1.79. The molecule has 0 bridgehead atoms. The minimum absolute atomic E-state index is 0.604. The van der Waals surface area contributed by atoms with E-state index in [4.69, 9.17) is 4.43 Å². The molecule has 0 spiro atoms. The Morgan fingerprint density at radius 1 is 1.06 bits per heavy atom. The van der Waals surface area contributed by atoms with Gasteiger partial charge in [-0.2, -0.15) is 0 Å². The third-order valence-corrected chi connectivity index (χ3v) is 8.65. The average molecular weight is 246 g/mol. The smallest absolute Gasteiger partial charge is 0.280 e. The van der Waals surface area contributed by atoms with Crippen LogP contribution in [0.2, 0.25) is 11.1 Å². The second kappa shape index (κ2) is 4.34. The lowest BCUT2D eigenvalue weighted by atomic mass is 10.1. The maximum atomic E-state index is 6.48. The lowest BCUT2D eigenvalue weighted by Gasteiger charge is -2.39. The molecule has 0 N–H and O–H groups in total. The van der Waals surface area contributed by atoms with Crippen molar-refractivity contribution in [3.63, 3.8) is 0 Å². The highest BCUT2D eigenvalue weighted by Crippen LogP contribution is 2.40. The van der Waals surface area contributed by atoms with Crippen molar-refractivity contribution in [3.8, 4) is 5.75 Å². The summed E-state index contributed by atoms with van der Waals surface area (Å²) in [6, 6.07) is 6.47. The molecule has 1 aliphatic rings. The van der Waals surface area contributed by atoms with Crippen LogP contribution >= 0.6 is 0 Å². The lowest BCUT2D eigenvalue weighted by Crippen LogP contribution is -2.47. The zero-order valence-electron chi connectivity index (χ0n) is 11.4. The molecular formula is C15H22OSi. The van der Waals surface area contributed by atoms with E-state index in [1.54, 1.807) is 0 Å². The molecule has 0 saturated heterocycles. The van der Waals surface area contributed by atoms with Crippen LogP contribution in [0.25, 0.3) is 6.08 Å². The van der Waals surface area contributed by atoms with Gasteiger partial charge >= 0.3 is 0 Å². The molecule has 0 aliphatic carbocycles. The first-order valence-electron chi connectivity index (χ1n) is 6.44. The Morgan fingerprint density at radius 2 is 1.71 bits per heavy atom. The van der Waals surface area contributed by atoms with Crippen LogP contribution < -0.4 is 4.43 Å². The third-order valence-electron chi connectivity index (χ3n) is 3.78. The van der Waals surface area contributed by atoms with Crippen molar-refractivity contribution in [1.29, 1.82) is 0 Å². The second-order valence-corrected chi connectivity index (χ2v) is 10.2. The second-order valence-electron chi connectivity index (χ2n) is 5.64. The van der Waals surface area contributed by atoms with E-state index in [1.165, 1.54) is 11.1 Å². The number of fused-ring (bicyclic) bond motifs is 1. The van der Waals surface area contributed by atoms with Crippen molar-refractivity contribution >= 4 is 14.4 Å². The Kier molecular flexibility index (Phi) is 3.17. The van der Waals surface area contributed by atoms with Gasteiger partial charge < -0.3 is 4.43 Å². The maximum absolute atomic E-state index is 6.48. The maximum Gasteiger partial charge on any atom is 0.280 e. The summed E-state index contributed by atoms with van der Waals surface area (Å²) in [6.07, 6.45) is 2.27. The minimum Gasteiger partial charge on any atom is -0.539 e. The summed E-state index contributed by atoms with van der Waals surface area (Å²) < 4.78 is 6.48. The number of aryl methyl sites for hydroxylation is 1. The fourth-order valence-electron chi connectivity index (χ4n) is 2.60. The quantitative estimate of drug-likeness (QED) is 0.687. The monoisotopic (exact) mass is 246 g/mol. The van der Waals surface area contributed by atoms with Crippen LogP contribution in [0.1, 0.15) is 38.8 Å². The zero-order chi connectivity index (χ0) is 12.6. The molecule has 0 saturated carbocycles. The number of hydrogen-bond acceptors (Lipinski definition) is 1. The van der Waals surface area contributed by atoms with E-state index < -0.39 is 8.32 Å². The van der Waals surface area contributed by atoms with Crippen LogP contribution in [0.4, 0.5) is 0 Å². The van der Waals surface area contributed by atoms with Crippen molar-refractivity contribution in [2.75, 3.05) is 0 Å². The Morgan fingerprint density at radius 3 is 2.29 bits per heavy atom. The Labute approximate surface area is 106 Å². The van der Waals surface area contributed by atoms with Gasteiger partial charge in [0.1, 0.15) is 5.75 Å². The van der Waals surface area contributed by atoms with Crippen molar-refractivity contribution in [3.05, 3.63) is 35.0 Å². The van der Waals surface area contributed by atoms with Crippen LogP contribution in [0.3, 0.4) is 0 Å². The fraction of sp³-hybridized carbons (Fsp3) is 0.467. The SMILES string of the molecule is Cc1ccc2c(c1)O[Si](C(C)C)(C(C)C)C=C2. The van der Waals surface area contributed by atoms with Crippen molar-refractivity contribution in [2.45, 2.75) is 45.7 Å². The molecular weight excluding hydrogens is 224 g/mol. The van der Waals surface area contributed by atoms with Crippen LogP contribution in [0.15, 0.2) is 23.9 Å². The van der Waals surface area contributed by atoms with E-state index in [9.17, 15) is 0 Å². The van der Waals surface area contributed by atoms with Gasteiger partial charge in [0, 0.05) is 5.56 Å². The molecule has 2 heteroatoms. The van der Waals surface area contributed by atoms with Crippen LogP contribution in [0.5, 0.6) is 5.75 Å². The van der Waals surface area contributed by atoms with Crippen LogP contribution in [-0.2, 0) is 0 Å². The van der Waals surface area contributed by atoms with Crippen LogP contribution in [-0.4, -0.2) is 8.32 Å². The van der Waals surface area contributed by atoms with Crippen molar-refractivity contribution in [2.24, 2.45) is 0 Å². The molecule has 0 fully saturated rings. The zero-order valence-corrected chi connectivity index (χ0v) is 12.4. The van der Waals surface area contributed by atoms with Gasteiger partial charge in [-0.05, 0) is 29.6 Å². The van der Waals surface area contributed by atoms with E-state index in [0.717, 1.165) is 5.75 Å². The van der Waals surface area contributed by atoms with Crippen molar-refractivity contribution in [1.82, 2.24) is 0 Å². The summed E-state index contributed by atoms with van der Waals surface area (Å²) in [6.45, 7) is 11.3. The number of hydrogen-bond donors (Lipinski definition) is 0. The molecule has 1 aromatic carbocycles.